The molecule has 0 saturated carbocycles. The lowest BCUT2D eigenvalue weighted by atomic mass is 10.1. The molecule has 2 aromatic rings. The van der Waals surface area contributed by atoms with E-state index < -0.39 is 6.29 Å². The number of nitrogens with zero attached hydrogens (tertiary/aromatic N) is 6. The van der Waals surface area contributed by atoms with E-state index in [9.17, 15) is 0 Å². The molecule has 0 spiro atoms. The summed E-state index contributed by atoms with van der Waals surface area (Å²) in [5.41, 5.74) is 9.37. The molecule has 39 heavy (non-hydrogen) atoms. The Morgan fingerprint density at radius 1 is 1.23 bits per heavy atom. The Bertz CT molecular complexity index is 1250. The van der Waals surface area contributed by atoms with Gasteiger partial charge < -0.3 is 15.1 Å². The first-order chi connectivity index (χ1) is 18.9. The summed E-state index contributed by atoms with van der Waals surface area (Å²) in [6.07, 6.45) is 8.04. The summed E-state index contributed by atoms with van der Waals surface area (Å²) in [7, 11) is 1.84. The fourth-order valence-corrected chi connectivity index (χ4v) is 4.41. The van der Waals surface area contributed by atoms with Crippen LogP contribution in [-0.4, -0.2) is 54.2 Å². The van der Waals surface area contributed by atoms with Gasteiger partial charge >= 0.3 is 0 Å². The minimum Gasteiger partial charge on any atom is -0.353 e. The van der Waals surface area contributed by atoms with Crippen LogP contribution in [0.1, 0.15) is 32.3 Å². The van der Waals surface area contributed by atoms with Crippen LogP contribution < -0.4 is 21.9 Å². The molecule has 4 rings (SSSR count). The number of rotatable bonds is 8. The maximum absolute atomic E-state index is 6.68. The van der Waals surface area contributed by atoms with Gasteiger partial charge in [-0.05, 0) is 37.1 Å². The summed E-state index contributed by atoms with van der Waals surface area (Å²) in [5, 5.41) is 5.14. The molecule has 2 aromatic carbocycles. The smallest absolute Gasteiger partial charge is 0.176 e. The van der Waals surface area contributed by atoms with Crippen LogP contribution >= 0.6 is 11.6 Å². The number of aliphatic imine (C=N–C) groups is 3. The second-order valence-corrected chi connectivity index (χ2v) is 9.07. The Morgan fingerprint density at radius 2 is 1.97 bits per heavy atom. The van der Waals surface area contributed by atoms with Crippen LogP contribution in [-0.2, 0) is 0 Å². The topological polar surface area (TPSA) is 111 Å². The molecular weight excluding hydrogens is 510 g/mol. The molecule has 2 unspecified atom stereocenters. The number of anilines is 1. The summed E-state index contributed by atoms with van der Waals surface area (Å²) in [5.74, 6) is 8.02. The summed E-state index contributed by atoms with van der Waals surface area (Å²) < 4.78 is 0. The quantitative estimate of drug-likeness (QED) is 0.140. The highest BCUT2D eigenvalue weighted by atomic mass is 35.5. The first-order valence-corrected chi connectivity index (χ1v) is 13.3. The van der Waals surface area contributed by atoms with Gasteiger partial charge in [0.25, 0.3) is 0 Å². The van der Waals surface area contributed by atoms with E-state index in [1.165, 1.54) is 0 Å². The van der Waals surface area contributed by atoms with Crippen molar-refractivity contribution in [3.63, 3.8) is 0 Å². The van der Waals surface area contributed by atoms with Crippen molar-refractivity contribution in [1.29, 1.82) is 0 Å². The third-order valence-electron chi connectivity index (χ3n) is 6.22. The second kappa shape index (κ2) is 14.3. The van der Waals surface area contributed by atoms with Gasteiger partial charge in [0.15, 0.2) is 6.29 Å². The number of amidine groups is 1. The summed E-state index contributed by atoms with van der Waals surface area (Å²) in [4.78, 5) is 17.8. The first kappa shape index (κ1) is 29.6. The number of benzene rings is 2. The minimum absolute atomic E-state index is 0.126. The summed E-state index contributed by atoms with van der Waals surface area (Å²) >= 11 is 6.43. The van der Waals surface area contributed by atoms with Gasteiger partial charge in [-0.1, -0.05) is 68.9 Å². The first-order valence-electron chi connectivity index (χ1n) is 13.0. The van der Waals surface area contributed by atoms with Crippen molar-refractivity contribution in [3.8, 4) is 0 Å². The number of allylic oxidation sites excluding steroid dienone is 1. The van der Waals surface area contributed by atoms with E-state index >= 15 is 0 Å². The highest BCUT2D eigenvalue weighted by Crippen LogP contribution is 2.30. The van der Waals surface area contributed by atoms with E-state index in [-0.39, 0.29) is 6.04 Å². The summed E-state index contributed by atoms with van der Waals surface area (Å²) in [6, 6.07) is 15.2. The number of hydrogen-bond donors (Lipinski definition) is 3. The zero-order chi connectivity index (χ0) is 28.4. The Kier molecular flexibility index (Phi) is 10.9. The monoisotopic (exact) mass is 547 g/mol. The number of para-hydroxylation sites is 1. The number of halogens is 1. The van der Waals surface area contributed by atoms with Crippen molar-refractivity contribution in [2.24, 2.45) is 26.6 Å². The molecule has 0 amide bonds. The molecule has 2 aliphatic heterocycles. The Balaban J connectivity index is 0.00000205. The number of nitrogens with one attached hydrogen (secondary N) is 1. The van der Waals surface area contributed by atoms with E-state index in [0.717, 1.165) is 36.3 Å². The van der Waals surface area contributed by atoms with Crippen molar-refractivity contribution in [3.05, 3.63) is 89.9 Å². The summed E-state index contributed by atoms with van der Waals surface area (Å²) in [6.45, 7) is 12.6. The second-order valence-electron chi connectivity index (χ2n) is 8.67. The normalized spacial score (nSPS) is 17.7. The van der Waals surface area contributed by atoms with Gasteiger partial charge in [0.2, 0.25) is 0 Å². The van der Waals surface area contributed by atoms with Gasteiger partial charge in [0, 0.05) is 36.0 Å². The fraction of sp³-hybridized carbons (Fsp3) is 0.276. The average molecular weight is 548 g/mol. The van der Waals surface area contributed by atoms with E-state index in [2.05, 4.69) is 33.4 Å². The van der Waals surface area contributed by atoms with Crippen molar-refractivity contribution < 1.29 is 0 Å². The lowest BCUT2D eigenvalue weighted by molar-refractivity contribution is 0.313. The average Bonchev–Trinajstić information content (AvgIpc) is 3.43. The van der Waals surface area contributed by atoms with Crippen LogP contribution in [0.3, 0.4) is 0 Å². The van der Waals surface area contributed by atoms with Crippen LogP contribution in [0.5, 0.6) is 0 Å². The highest BCUT2D eigenvalue weighted by molar-refractivity contribution is 6.32. The standard InChI is InChI=1S/C27H32ClN9.C2H6/c1-4-21-22(28)12-8-13-23(21)34-26(37(30)20-10-6-5-7-11-20)24-14-9-15-36(24)18-33-27(29)35(3)25-16-19(2)31-17-32-25;1-2/h4-8,10-13,16-18,24,27H,1-2,9,14-15,29-30H2,3H3,(H,31,32);1-2H3/b33-18+,34-26?;. The SMILES string of the molecule is C=Cc1c(Cl)cccc1N=C(C1CCCN1/C=N/C(N)N(C)C1=CC(=C)NC=N1)N(N)c1ccccc1.CC. The van der Waals surface area contributed by atoms with E-state index in [0.29, 0.717) is 22.4 Å². The van der Waals surface area contributed by atoms with Gasteiger partial charge in [-0.15, -0.1) is 0 Å². The highest BCUT2D eigenvalue weighted by Gasteiger charge is 2.31. The number of nitrogens with two attached hydrogens (primary N) is 2. The molecule has 2 aliphatic rings. The van der Waals surface area contributed by atoms with Crippen molar-refractivity contribution >= 4 is 47.6 Å². The Hall–Kier alpha value is -3.92. The molecule has 1 saturated heterocycles. The van der Waals surface area contributed by atoms with Gasteiger partial charge in [0.1, 0.15) is 11.7 Å². The third kappa shape index (κ3) is 7.35. The molecule has 5 N–H and O–H groups in total. The van der Waals surface area contributed by atoms with Crippen molar-refractivity contribution in [2.75, 3.05) is 18.6 Å². The third-order valence-corrected chi connectivity index (χ3v) is 6.55. The molecule has 10 heteroatoms. The number of hydrazine groups is 1. The number of hydrogen-bond acceptors (Lipinski definition) is 7. The van der Waals surface area contributed by atoms with Crippen molar-refractivity contribution in [2.45, 2.75) is 39.0 Å². The predicted octanol–water partition coefficient (Wildman–Crippen LogP) is 5.07. The molecule has 0 aliphatic carbocycles. The molecular formula is C29H38ClN9. The molecule has 0 radical (unpaired) electrons. The maximum Gasteiger partial charge on any atom is 0.176 e. The van der Waals surface area contributed by atoms with Gasteiger partial charge in [-0.25, -0.2) is 20.8 Å². The lowest BCUT2D eigenvalue weighted by Crippen LogP contribution is -2.49. The Labute approximate surface area is 236 Å². The van der Waals surface area contributed by atoms with Gasteiger partial charge in [-0.3, -0.25) is 10.7 Å². The van der Waals surface area contributed by atoms with Crippen LogP contribution in [0.25, 0.3) is 6.08 Å². The molecule has 2 atom stereocenters. The molecule has 1 fully saturated rings. The van der Waals surface area contributed by atoms with Crippen LogP contribution in [0.2, 0.25) is 5.02 Å². The van der Waals surface area contributed by atoms with Gasteiger partial charge in [0.05, 0.1) is 30.1 Å². The lowest BCUT2D eigenvalue weighted by Gasteiger charge is -2.31. The molecule has 0 bridgehead atoms. The zero-order valence-corrected chi connectivity index (χ0v) is 23.6. The van der Waals surface area contributed by atoms with Gasteiger partial charge in [-0.2, -0.15) is 0 Å². The van der Waals surface area contributed by atoms with E-state index in [1.807, 2.05) is 75.5 Å². The van der Waals surface area contributed by atoms with E-state index in [1.54, 1.807) is 28.7 Å². The molecule has 2 heterocycles. The fourth-order valence-electron chi connectivity index (χ4n) is 4.16. The predicted molar refractivity (Wildman–Crippen MR) is 166 cm³/mol. The zero-order valence-electron chi connectivity index (χ0n) is 22.8. The maximum atomic E-state index is 6.68. The largest absolute Gasteiger partial charge is 0.353 e. The van der Waals surface area contributed by atoms with E-state index in [4.69, 9.17) is 28.2 Å². The Morgan fingerprint density at radius 3 is 2.67 bits per heavy atom. The molecule has 206 valence electrons. The minimum atomic E-state index is -0.639. The molecule has 0 aromatic heterocycles. The number of likely N-dealkylation sites (tertiary alicyclic amines) is 1. The molecule has 9 nitrogen and oxygen atoms in total. The van der Waals surface area contributed by atoms with Crippen molar-refractivity contribution in [1.82, 2.24) is 15.1 Å². The van der Waals surface area contributed by atoms with Crippen LogP contribution in [0, 0.1) is 0 Å². The van der Waals surface area contributed by atoms with Crippen LogP contribution in [0.4, 0.5) is 11.4 Å². The van der Waals surface area contributed by atoms with Crippen LogP contribution in [0.15, 0.2) is 94.3 Å².